The lowest BCUT2D eigenvalue weighted by Gasteiger charge is -2.06. The number of alkyl halides is 1. The van der Waals surface area contributed by atoms with Crippen molar-refractivity contribution in [3.63, 3.8) is 0 Å². The molecule has 2 aromatic carbocycles. The summed E-state index contributed by atoms with van der Waals surface area (Å²) >= 11 is 2.31. The molecule has 1 aromatic heterocycles. The van der Waals surface area contributed by atoms with Crippen LogP contribution < -0.4 is 10.4 Å². The monoisotopic (exact) mass is 394 g/mol. The Balaban J connectivity index is 2.11. The Labute approximate surface area is 135 Å². The van der Waals surface area contributed by atoms with Gasteiger partial charge < -0.3 is 9.72 Å². The normalized spacial score (nSPS) is 11.0. The number of H-pyrrole nitrogens is 1. The lowest BCUT2D eigenvalue weighted by molar-refractivity contribution is 0.340. The molecule has 108 valence electrons. The quantitative estimate of drug-likeness (QED) is 0.543. The molecule has 0 spiro atoms. The molecule has 21 heavy (non-hydrogen) atoms. The molecule has 3 rings (SSSR count). The SMILES string of the molecule is CCOc1ccc(-n2c(=O)[nH]c3cc(CI)ccc32)cc1. The van der Waals surface area contributed by atoms with Gasteiger partial charge in [-0.25, -0.2) is 4.79 Å². The second-order valence-corrected chi connectivity index (χ2v) is 5.44. The van der Waals surface area contributed by atoms with E-state index in [1.54, 1.807) is 4.57 Å². The van der Waals surface area contributed by atoms with Crippen molar-refractivity contribution in [2.24, 2.45) is 0 Å². The van der Waals surface area contributed by atoms with E-state index in [1.165, 1.54) is 5.56 Å². The molecule has 0 fully saturated rings. The maximum atomic E-state index is 12.2. The van der Waals surface area contributed by atoms with Crippen LogP contribution in [-0.4, -0.2) is 16.2 Å². The predicted octanol–water partition coefficient (Wildman–Crippen LogP) is 3.65. The van der Waals surface area contributed by atoms with Gasteiger partial charge in [0.2, 0.25) is 0 Å². The highest BCUT2D eigenvalue weighted by Gasteiger charge is 2.09. The van der Waals surface area contributed by atoms with E-state index in [-0.39, 0.29) is 5.69 Å². The van der Waals surface area contributed by atoms with Crippen LogP contribution in [0.15, 0.2) is 47.3 Å². The van der Waals surface area contributed by atoms with Crippen molar-refractivity contribution in [2.45, 2.75) is 11.4 Å². The van der Waals surface area contributed by atoms with E-state index >= 15 is 0 Å². The van der Waals surface area contributed by atoms with Crippen molar-refractivity contribution in [3.05, 3.63) is 58.5 Å². The highest BCUT2D eigenvalue weighted by atomic mass is 127. The molecule has 5 heteroatoms. The maximum Gasteiger partial charge on any atom is 0.331 e. The first kappa shape index (κ1) is 14.2. The largest absolute Gasteiger partial charge is 0.494 e. The first-order chi connectivity index (χ1) is 10.2. The van der Waals surface area contributed by atoms with Gasteiger partial charge in [-0.05, 0) is 48.9 Å². The Morgan fingerprint density at radius 1 is 1.19 bits per heavy atom. The van der Waals surface area contributed by atoms with E-state index < -0.39 is 0 Å². The fraction of sp³-hybridized carbons (Fsp3) is 0.188. The van der Waals surface area contributed by atoms with Gasteiger partial charge in [-0.1, -0.05) is 28.7 Å². The van der Waals surface area contributed by atoms with E-state index in [4.69, 9.17) is 4.74 Å². The molecular weight excluding hydrogens is 379 g/mol. The van der Waals surface area contributed by atoms with Crippen molar-refractivity contribution in [3.8, 4) is 11.4 Å². The molecule has 0 aliphatic carbocycles. The molecule has 0 atom stereocenters. The average molecular weight is 394 g/mol. The summed E-state index contributed by atoms with van der Waals surface area (Å²) in [6, 6.07) is 13.6. The van der Waals surface area contributed by atoms with Crippen LogP contribution in [0, 0.1) is 0 Å². The van der Waals surface area contributed by atoms with E-state index in [1.807, 2.05) is 49.4 Å². The molecule has 0 saturated heterocycles. The van der Waals surface area contributed by atoms with Crippen LogP contribution in [0.25, 0.3) is 16.7 Å². The zero-order valence-electron chi connectivity index (χ0n) is 11.6. The number of aromatic amines is 1. The average Bonchev–Trinajstić information content (AvgIpc) is 2.83. The number of nitrogens with one attached hydrogen (secondary N) is 1. The number of halogens is 1. The minimum Gasteiger partial charge on any atom is -0.494 e. The number of rotatable bonds is 4. The summed E-state index contributed by atoms with van der Waals surface area (Å²) in [6.07, 6.45) is 0. The highest BCUT2D eigenvalue weighted by Crippen LogP contribution is 2.20. The predicted molar refractivity (Wildman–Crippen MR) is 92.8 cm³/mol. The lowest BCUT2D eigenvalue weighted by atomic mass is 10.2. The van der Waals surface area contributed by atoms with E-state index in [0.29, 0.717) is 6.61 Å². The van der Waals surface area contributed by atoms with Crippen LogP contribution in [-0.2, 0) is 4.43 Å². The Kier molecular flexibility index (Phi) is 4.01. The number of nitrogens with zero attached hydrogens (tertiary/aromatic N) is 1. The van der Waals surface area contributed by atoms with E-state index in [0.717, 1.165) is 26.9 Å². The molecule has 3 aromatic rings. The minimum atomic E-state index is -0.125. The Morgan fingerprint density at radius 2 is 1.95 bits per heavy atom. The molecule has 0 aliphatic heterocycles. The molecule has 1 N–H and O–H groups in total. The first-order valence-electron chi connectivity index (χ1n) is 6.76. The van der Waals surface area contributed by atoms with E-state index in [9.17, 15) is 4.79 Å². The summed E-state index contributed by atoms with van der Waals surface area (Å²) < 4.78 is 8.03. The van der Waals surface area contributed by atoms with Crippen LogP contribution in [0.1, 0.15) is 12.5 Å². The summed E-state index contributed by atoms with van der Waals surface area (Å²) in [4.78, 5) is 15.1. The van der Waals surface area contributed by atoms with Crippen molar-refractivity contribution in [2.75, 3.05) is 6.61 Å². The second-order valence-electron chi connectivity index (χ2n) is 4.68. The number of hydrogen-bond donors (Lipinski definition) is 1. The number of ether oxygens (including phenoxy) is 1. The zero-order chi connectivity index (χ0) is 14.8. The van der Waals surface area contributed by atoms with Gasteiger partial charge in [-0.2, -0.15) is 0 Å². The van der Waals surface area contributed by atoms with Gasteiger partial charge in [0, 0.05) is 4.43 Å². The number of hydrogen-bond acceptors (Lipinski definition) is 2. The third-order valence-corrected chi connectivity index (χ3v) is 4.19. The van der Waals surface area contributed by atoms with Crippen LogP contribution >= 0.6 is 22.6 Å². The zero-order valence-corrected chi connectivity index (χ0v) is 13.8. The molecular formula is C16H15IN2O2. The summed E-state index contributed by atoms with van der Waals surface area (Å²) in [5.41, 5.74) is 3.65. The summed E-state index contributed by atoms with van der Waals surface area (Å²) in [5.74, 6) is 0.807. The van der Waals surface area contributed by atoms with Gasteiger partial charge in [0.1, 0.15) is 5.75 Å². The molecule has 0 bridgehead atoms. The lowest BCUT2D eigenvalue weighted by Crippen LogP contribution is -2.14. The third kappa shape index (κ3) is 2.70. The van der Waals surface area contributed by atoms with Crippen molar-refractivity contribution >= 4 is 33.6 Å². The fourth-order valence-corrected chi connectivity index (χ4v) is 2.83. The molecule has 0 aliphatic rings. The molecule has 0 saturated carbocycles. The van der Waals surface area contributed by atoms with Crippen molar-refractivity contribution in [1.82, 2.24) is 9.55 Å². The van der Waals surface area contributed by atoms with E-state index in [2.05, 4.69) is 27.6 Å². The number of benzene rings is 2. The number of imidazole rings is 1. The molecule has 0 radical (unpaired) electrons. The molecule has 0 amide bonds. The number of fused-ring (bicyclic) bond motifs is 1. The van der Waals surface area contributed by atoms with Gasteiger partial charge in [-0.3, -0.25) is 4.57 Å². The van der Waals surface area contributed by atoms with Crippen LogP contribution in [0.4, 0.5) is 0 Å². The van der Waals surface area contributed by atoms with Crippen LogP contribution in [0.5, 0.6) is 5.75 Å². The van der Waals surface area contributed by atoms with Crippen molar-refractivity contribution < 1.29 is 4.74 Å². The smallest absolute Gasteiger partial charge is 0.331 e. The second kappa shape index (κ2) is 5.93. The van der Waals surface area contributed by atoms with Gasteiger partial charge >= 0.3 is 5.69 Å². The Hall–Kier alpha value is -1.76. The summed E-state index contributed by atoms with van der Waals surface area (Å²) in [7, 11) is 0. The third-order valence-electron chi connectivity index (χ3n) is 3.31. The van der Waals surface area contributed by atoms with Gasteiger partial charge in [0.05, 0.1) is 23.3 Å². The van der Waals surface area contributed by atoms with Gasteiger partial charge in [0.15, 0.2) is 0 Å². The van der Waals surface area contributed by atoms with Crippen LogP contribution in [0.2, 0.25) is 0 Å². The molecule has 1 heterocycles. The fourth-order valence-electron chi connectivity index (χ4n) is 2.36. The summed E-state index contributed by atoms with van der Waals surface area (Å²) in [5, 5.41) is 0. The number of aromatic nitrogens is 2. The topological polar surface area (TPSA) is 47.0 Å². The first-order valence-corrected chi connectivity index (χ1v) is 8.28. The Morgan fingerprint density at radius 3 is 2.62 bits per heavy atom. The van der Waals surface area contributed by atoms with Gasteiger partial charge in [0.25, 0.3) is 0 Å². The molecule has 4 nitrogen and oxygen atoms in total. The van der Waals surface area contributed by atoms with Crippen LogP contribution in [0.3, 0.4) is 0 Å². The summed E-state index contributed by atoms with van der Waals surface area (Å²) in [6.45, 7) is 2.58. The maximum absolute atomic E-state index is 12.2. The van der Waals surface area contributed by atoms with Gasteiger partial charge in [-0.15, -0.1) is 0 Å². The minimum absolute atomic E-state index is 0.125. The Bertz CT molecular complexity index is 818. The standard InChI is InChI=1S/C16H15IN2O2/c1-2-21-13-6-4-12(5-7-13)19-15-8-3-11(10-17)9-14(15)18-16(19)20/h3-9H,2,10H2,1H3,(H,18,20). The molecule has 0 unspecified atom stereocenters. The highest BCUT2D eigenvalue weighted by molar-refractivity contribution is 14.1. The van der Waals surface area contributed by atoms with Crippen molar-refractivity contribution in [1.29, 1.82) is 0 Å².